The molecule has 2 N–H and O–H groups in total. The summed E-state index contributed by atoms with van der Waals surface area (Å²) in [6, 6.07) is 1.62. The van der Waals surface area contributed by atoms with Crippen molar-refractivity contribution in [2.45, 2.75) is 11.0 Å². The second-order valence-corrected chi connectivity index (χ2v) is 5.50. The number of hydrogen-bond acceptors (Lipinski definition) is 5. The fraction of sp³-hybridized carbons (Fsp3) is 0.300. The maximum Gasteiger partial charge on any atom is 0.337 e. The topological polar surface area (TPSA) is 101 Å². The van der Waals surface area contributed by atoms with Gasteiger partial charge in [0.25, 0.3) is 0 Å². The van der Waals surface area contributed by atoms with E-state index < -0.39 is 32.6 Å². The maximum absolute atomic E-state index is 13.7. The van der Waals surface area contributed by atoms with Crippen molar-refractivity contribution in [3.8, 4) is 5.75 Å². The zero-order chi connectivity index (χ0) is 14.1. The Morgan fingerprint density at radius 1 is 1.44 bits per heavy atom. The molecule has 0 bridgehead atoms. The minimum absolute atomic E-state index is 0.302. The van der Waals surface area contributed by atoms with Crippen molar-refractivity contribution in [3.63, 3.8) is 0 Å². The first-order valence-corrected chi connectivity index (χ1v) is 6.56. The molecule has 0 spiro atoms. The Morgan fingerprint density at radius 2 is 2.00 bits per heavy atom. The molecular formula is C10H11FO6S. The number of hydrogen-bond donors (Lipinski definition) is 2. The van der Waals surface area contributed by atoms with Gasteiger partial charge in [0.1, 0.15) is 16.5 Å². The van der Waals surface area contributed by atoms with Crippen LogP contribution in [0, 0.1) is 5.82 Å². The van der Waals surface area contributed by atoms with Crippen LogP contribution in [0.1, 0.15) is 11.7 Å². The molecule has 6 nitrogen and oxygen atoms in total. The number of carboxylic acids is 1. The second-order valence-electron chi connectivity index (χ2n) is 3.55. The largest absolute Gasteiger partial charge is 0.495 e. The highest BCUT2D eigenvalue weighted by Gasteiger charge is 2.25. The van der Waals surface area contributed by atoms with Gasteiger partial charge < -0.3 is 14.9 Å². The number of halogens is 1. The third-order valence-corrected chi connectivity index (χ3v) is 3.31. The fourth-order valence-corrected chi connectivity index (χ4v) is 2.32. The lowest BCUT2D eigenvalue weighted by Gasteiger charge is -2.12. The Balaban J connectivity index is 3.51. The third kappa shape index (κ3) is 2.77. The lowest BCUT2D eigenvalue weighted by molar-refractivity contribution is -0.146. The zero-order valence-electron chi connectivity index (χ0n) is 9.55. The van der Waals surface area contributed by atoms with Crippen LogP contribution in [0.5, 0.6) is 5.75 Å². The molecule has 0 amide bonds. The van der Waals surface area contributed by atoms with Crippen LogP contribution in [-0.2, 0) is 14.6 Å². The Morgan fingerprint density at radius 3 is 2.39 bits per heavy atom. The van der Waals surface area contributed by atoms with Gasteiger partial charge in [0, 0.05) is 6.26 Å². The van der Waals surface area contributed by atoms with Crippen LogP contribution >= 0.6 is 0 Å². The molecule has 1 atom stereocenters. The van der Waals surface area contributed by atoms with Gasteiger partial charge >= 0.3 is 5.97 Å². The molecule has 1 rings (SSSR count). The molecule has 8 heteroatoms. The van der Waals surface area contributed by atoms with Crippen LogP contribution in [0.2, 0.25) is 0 Å². The Kier molecular flexibility index (Phi) is 3.92. The molecule has 0 fully saturated rings. The number of ether oxygens (including phenoxy) is 1. The zero-order valence-corrected chi connectivity index (χ0v) is 10.4. The van der Waals surface area contributed by atoms with Crippen LogP contribution in [0.25, 0.3) is 0 Å². The van der Waals surface area contributed by atoms with Gasteiger partial charge in [-0.1, -0.05) is 0 Å². The van der Waals surface area contributed by atoms with E-state index in [2.05, 4.69) is 0 Å². The molecule has 0 saturated carbocycles. The Bertz CT molecular complexity index is 580. The molecule has 0 aliphatic rings. The molecular weight excluding hydrogens is 267 g/mol. The lowest BCUT2D eigenvalue weighted by atomic mass is 10.1. The van der Waals surface area contributed by atoms with E-state index in [0.717, 1.165) is 19.4 Å². The Labute approximate surface area is 103 Å². The van der Waals surface area contributed by atoms with Gasteiger partial charge in [-0.3, -0.25) is 0 Å². The van der Waals surface area contributed by atoms with Gasteiger partial charge in [0.05, 0.1) is 7.11 Å². The number of carboxylic acid groups (broad SMARTS) is 1. The summed E-state index contributed by atoms with van der Waals surface area (Å²) in [4.78, 5) is 9.89. The molecule has 0 aromatic heterocycles. The molecule has 0 aliphatic heterocycles. The molecule has 0 radical (unpaired) electrons. The average Bonchev–Trinajstić information content (AvgIpc) is 2.24. The second kappa shape index (κ2) is 4.91. The number of aliphatic hydroxyl groups is 1. The summed E-state index contributed by atoms with van der Waals surface area (Å²) in [5.74, 6) is -3.11. The summed E-state index contributed by atoms with van der Waals surface area (Å²) in [6.07, 6.45) is -1.16. The van der Waals surface area contributed by atoms with Gasteiger partial charge in [-0.15, -0.1) is 0 Å². The Hall–Kier alpha value is -1.67. The van der Waals surface area contributed by atoms with E-state index in [0.29, 0.717) is 6.07 Å². The normalized spacial score (nSPS) is 13.1. The minimum Gasteiger partial charge on any atom is -0.495 e. The summed E-state index contributed by atoms with van der Waals surface area (Å²) in [7, 11) is -2.76. The van der Waals surface area contributed by atoms with E-state index in [1.165, 1.54) is 0 Å². The number of aliphatic carboxylic acids is 1. The summed E-state index contributed by atoms with van der Waals surface area (Å²) in [6.45, 7) is 0. The summed E-state index contributed by atoms with van der Waals surface area (Å²) in [5.41, 5.74) is -0.302. The van der Waals surface area contributed by atoms with Crippen LogP contribution in [0.15, 0.2) is 17.0 Å². The van der Waals surface area contributed by atoms with Crippen LogP contribution in [0.3, 0.4) is 0 Å². The lowest BCUT2D eigenvalue weighted by Crippen LogP contribution is -2.12. The SMILES string of the molecule is COc1cc(C(O)C(=O)O)cc(F)c1S(C)(=O)=O. The van der Waals surface area contributed by atoms with Crippen LogP contribution < -0.4 is 4.74 Å². The van der Waals surface area contributed by atoms with E-state index in [4.69, 9.17) is 9.84 Å². The monoisotopic (exact) mass is 278 g/mol. The highest BCUT2D eigenvalue weighted by molar-refractivity contribution is 7.90. The predicted octanol–water partition coefficient (Wildman–Crippen LogP) is 0.356. The van der Waals surface area contributed by atoms with Gasteiger partial charge in [-0.25, -0.2) is 17.6 Å². The third-order valence-electron chi connectivity index (χ3n) is 2.17. The molecule has 0 heterocycles. The van der Waals surface area contributed by atoms with Crippen molar-refractivity contribution in [1.82, 2.24) is 0 Å². The molecule has 100 valence electrons. The fourth-order valence-electron chi connectivity index (χ4n) is 1.40. The molecule has 1 unspecified atom stereocenters. The number of rotatable bonds is 4. The van der Waals surface area contributed by atoms with Crippen molar-refractivity contribution in [2.75, 3.05) is 13.4 Å². The van der Waals surface area contributed by atoms with Crippen molar-refractivity contribution >= 4 is 15.8 Å². The molecule has 0 saturated heterocycles. The average molecular weight is 278 g/mol. The number of carbonyl (C=O) groups is 1. The predicted molar refractivity (Wildman–Crippen MR) is 58.7 cm³/mol. The highest BCUT2D eigenvalue weighted by Crippen LogP contribution is 2.30. The van der Waals surface area contributed by atoms with E-state index in [1.807, 2.05) is 0 Å². The summed E-state index contributed by atoms with van der Waals surface area (Å²) < 4.78 is 41.1. The maximum atomic E-state index is 13.7. The molecule has 1 aromatic rings. The van der Waals surface area contributed by atoms with E-state index in [-0.39, 0.29) is 11.3 Å². The first-order chi connectivity index (χ1) is 8.18. The van der Waals surface area contributed by atoms with Gasteiger partial charge in [-0.05, 0) is 17.7 Å². The van der Waals surface area contributed by atoms with Crippen molar-refractivity contribution in [3.05, 3.63) is 23.5 Å². The van der Waals surface area contributed by atoms with E-state index >= 15 is 0 Å². The van der Waals surface area contributed by atoms with Crippen LogP contribution in [-0.4, -0.2) is 38.0 Å². The molecule has 0 aliphatic carbocycles. The van der Waals surface area contributed by atoms with Crippen molar-refractivity contribution in [1.29, 1.82) is 0 Å². The quantitative estimate of drug-likeness (QED) is 0.824. The van der Waals surface area contributed by atoms with Gasteiger partial charge in [0.15, 0.2) is 15.9 Å². The number of sulfone groups is 1. The first kappa shape index (κ1) is 14.4. The summed E-state index contributed by atoms with van der Waals surface area (Å²) in [5, 5.41) is 17.9. The first-order valence-electron chi connectivity index (χ1n) is 4.67. The van der Waals surface area contributed by atoms with Crippen molar-refractivity contribution in [2.24, 2.45) is 0 Å². The smallest absolute Gasteiger partial charge is 0.337 e. The van der Waals surface area contributed by atoms with Gasteiger partial charge in [-0.2, -0.15) is 0 Å². The van der Waals surface area contributed by atoms with Gasteiger partial charge in [0.2, 0.25) is 0 Å². The van der Waals surface area contributed by atoms with E-state index in [1.54, 1.807) is 0 Å². The number of methoxy groups -OCH3 is 1. The van der Waals surface area contributed by atoms with E-state index in [9.17, 15) is 22.7 Å². The minimum atomic E-state index is -3.87. The van der Waals surface area contributed by atoms with Crippen molar-refractivity contribution < 1.29 is 32.6 Å². The van der Waals surface area contributed by atoms with Crippen LogP contribution in [0.4, 0.5) is 4.39 Å². The number of benzene rings is 1. The molecule has 18 heavy (non-hydrogen) atoms. The standard InChI is InChI=1S/C10H11FO6S/c1-17-7-4-5(8(12)10(13)14)3-6(11)9(7)18(2,15)16/h3-4,8,12H,1-2H3,(H,13,14). The highest BCUT2D eigenvalue weighted by atomic mass is 32.2. The number of aliphatic hydroxyl groups excluding tert-OH is 1. The molecule has 1 aromatic carbocycles. The summed E-state index contributed by atoms with van der Waals surface area (Å²) >= 11 is 0.